The molecular weight excluding hydrogens is 334 g/mol. The van der Waals surface area contributed by atoms with E-state index in [1.807, 2.05) is 55.5 Å². The van der Waals surface area contributed by atoms with E-state index < -0.39 is 0 Å². The lowest BCUT2D eigenvalue weighted by Gasteiger charge is -1.98. The molecule has 0 aliphatic carbocycles. The van der Waals surface area contributed by atoms with E-state index in [4.69, 9.17) is 0 Å². The summed E-state index contributed by atoms with van der Waals surface area (Å²) in [4.78, 5) is 35.2. The molecule has 4 nitrogen and oxygen atoms in total. The molecule has 1 aliphatic heterocycles. The summed E-state index contributed by atoms with van der Waals surface area (Å²) in [7, 11) is 0. The number of carbonyl (C=O) groups excluding carboxylic acids is 3. The quantitative estimate of drug-likeness (QED) is 0.663. The molecule has 0 atom stereocenters. The topological polar surface area (TPSA) is 63.2 Å². The van der Waals surface area contributed by atoms with Gasteiger partial charge in [-0.05, 0) is 42.0 Å². The summed E-state index contributed by atoms with van der Waals surface area (Å²) in [5.41, 5.74) is 3.45. The predicted octanol–water partition coefficient (Wildman–Crippen LogP) is 4.22. The number of rotatable bonds is 4. The number of imide groups is 1. The number of benzene rings is 2. The van der Waals surface area contributed by atoms with Crippen LogP contribution in [0.1, 0.15) is 27.0 Å². The van der Waals surface area contributed by atoms with E-state index in [9.17, 15) is 14.4 Å². The minimum absolute atomic E-state index is 0.0521. The van der Waals surface area contributed by atoms with Crippen LogP contribution in [0, 0.1) is 6.92 Å². The van der Waals surface area contributed by atoms with Gasteiger partial charge in [0.2, 0.25) is 0 Å². The lowest BCUT2D eigenvalue weighted by Crippen LogP contribution is -2.17. The van der Waals surface area contributed by atoms with Gasteiger partial charge in [0, 0.05) is 5.56 Å². The Labute approximate surface area is 149 Å². The number of thioether (sulfide) groups is 1. The number of nitrogens with one attached hydrogen (secondary N) is 1. The molecule has 0 saturated carbocycles. The normalized spacial score (nSPS) is 15.8. The van der Waals surface area contributed by atoms with E-state index in [0.29, 0.717) is 10.5 Å². The fourth-order valence-electron chi connectivity index (χ4n) is 2.26. The summed E-state index contributed by atoms with van der Waals surface area (Å²) in [6, 6.07) is 14.8. The van der Waals surface area contributed by atoms with Crippen molar-refractivity contribution in [2.45, 2.75) is 6.92 Å². The Balaban J connectivity index is 1.69. The fourth-order valence-corrected chi connectivity index (χ4v) is 2.94. The number of hydrogen-bond acceptors (Lipinski definition) is 4. The highest BCUT2D eigenvalue weighted by atomic mass is 32.2. The van der Waals surface area contributed by atoms with Crippen LogP contribution in [-0.4, -0.2) is 16.9 Å². The second kappa shape index (κ2) is 7.32. The Morgan fingerprint density at radius 1 is 0.960 bits per heavy atom. The Bertz CT molecular complexity index is 894. The zero-order valence-electron chi connectivity index (χ0n) is 13.5. The monoisotopic (exact) mass is 349 g/mol. The smallest absolute Gasteiger partial charge is 0.289 e. The minimum atomic E-state index is -0.373. The molecule has 5 heteroatoms. The number of carbonyl (C=O) groups is 3. The van der Waals surface area contributed by atoms with Crippen molar-refractivity contribution < 1.29 is 14.4 Å². The molecular formula is C20H15NO3S. The van der Waals surface area contributed by atoms with Gasteiger partial charge in [-0.2, -0.15) is 0 Å². The van der Waals surface area contributed by atoms with Crippen LogP contribution in [0.25, 0.3) is 12.2 Å². The van der Waals surface area contributed by atoms with Gasteiger partial charge in [-0.1, -0.05) is 60.2 Å². The molecule has 0 aromatic heterocycles. The van der Waals surface area contributed by atoms with Crippen LogP contribution in [0.3, 0.4) is 0 Å². The van der Waals surface area contributed by atoms with Gasteiger partial charge in [0.05, 0.1) is 4.91 Å². The predicted molar refractivity (Wildman–Crippen MR) is 100 cm³/mol. The molecule has 3 rings (SSSR count). The van der Waals surface area contributed by atoms with Crippen molar-refractivity contribution in [1.29, 1.82) is 0 Å². The van der Waals surface area contributed by atoms with Gasteiger partial charge in [-0.15, -0.1) is 0 Å². The number of amides is 2. The van der Waals surface area contributed by atoms with Gasteiger partial charge in [0.15, 0.2) is 5.78 Å². The Morgan fingerprint density at radius 2 is 1.60 bits per heavy atom. The van der Waals surface area contributed by atoms with Crippen LogP contribution >= 0.6 is 11.8 Å². The van der Waals surface area contributed by atoms with Gasteiger partial charge >= 0.3 is 0 Å². The highest BCUT2D eigenvalue weighted by Crippen LogP contribution is 2.25. The van der Waals surface area contributed by atoms with Crippen LogP contribution in [-0.2, 0) is 4.79 Å². The van der Waals surface area contributed by atoms with E-state index in [-0.39, 0.29) is 16.9 Å². The van der Waals surface area contributed by atoms with E-state index in [1.54, 1.807) is 12.2 Å². The largest absolute Gasteiger partial charge is 0.290 e. The van der Waals surface area contributed by atoms with Crippen LogP contribution in [0.4, 0.5) is 4.79 Å². The molecule has 0 spiro atoms. The average molecular weight is 349 g/mol. The molecule has 124 valence electrons. The second-order valence-electron chi connectivity index (χ2n) is 5.58. The summed E-state index contributed by atoms with van der Waals surface area (Å²) < 4.78 is 0. The number of hydrogen-bond donors (Lipinski definition) is 1. The van der Waals surface area contributed by atoms with E-state index in [1.165, 1.54) is 6.08 Å². The van der Waals surface area contributed by atoms with Crippen molar-refractivity contribution in [3.05, 3.63) is 81.8 Å². The molecule has 1 N–H and O–H groups in total. The lowest BCUT2D eigenvalue weighted by molar-refractivity contribution is -0.115. The van der Waals surface area contributed by atoms with Gasteiger partial charge in [0.1, 0.15) is 0 Å². The van der Waals surface area contributed by atoms with E-state index in [2.05, 4.69) is 5.32 Å². The molecule has 0 bridgehead atoms. The molecule has 0 unspecified atom stereocenters. The maximum absolute atomic E-state index is 12.1. The van der Waals surface area contributed by atoms with Crippen molar-refractivity contribution in [2.75, 3.05) is 0 Å². The molecule has 1 aliphatic rings. The molecule has 0 radical (unpaired) electrons. The first-order valence-electron chi connectivity index (χ1n) is 7.65. The third kappa shape index (κ3) is 4.33. The molecule has 2 aromatic carbocycles. The maximum Gasteiger partial charge on any atom is 0.290 e. The van der Waals surface area contributed by atoms with Crippen LogP contribution < -0.4 is 5.32 Å². The van der Waals surface area contributed by atoms with Gasteiger partial charge in [-0.3, -0.25) is 19.7 Å². The first-order chi connectivity index (χ1) is 12.0. The summed E-state index contributed by atoms with van der Waals surface area (Å²) in [6.45, 7) is 1.98. The van der Waals surface area contributed by atoms with Crippen LogP contribution in [0.2, 0.25) is 0 Å². The van der Waals surface area contributed by atoms with Crippen molar-refractivity contribution in [2.24, 2.45) is 0 Å². The van der Waals surface area contributed by atoms with Crippen molar-refractivity contribution >= 4 is 40.8 Å². The van der Waals surface area contributed by atoms with E-state index in [0.717, 1.165) is 28.5 Å². The minimum Gasteiger partial charge on any atom is -0.289 e. The molecule has 2 amide bonds. The molecule has 1 saturated heterocycles. The SMILES string of the molecule is Cc1ccc(C(=O)/C=C/c2ccc(/C=C3\SC(=O)NC3=O)cc2)cc1. The highest BCUT2D eigenvalue weighted by molar-refractivity contribution is 8.18. The first-order valence-corrected chi connectivity index (χ1v) is 8.47. The zero-order chi connectivity index (χ0) is 17.8. The molecule has 2 aromatic rings. The third-order valence-corrected chi connectivity index (χ3v) is 4.45. The van der Waals surface area contributed by atoms with Crippen molar-refractivity contribution in [3.63, 3.8) is 0 Å². The third-order valence-electron chi connectivity index (χ3n) is 3.64. The second-order valence-corrected chi connectivity index (χ2v) is 6.60. The summed E-state index contributed by atoms with van der Waals surface area (Å²) in [5, 5.41) is 1.86. The standard InChI is InChI=1S/C20H15NO3S/c1-13-2-9-16(10-3-13)17(22)11-8-14-4-6-15(7-5-14)12-18-19(23)21-20(24)25-18/h2-12H,1H3,(H,21,23,24)/b11-8+,18-12-. The number of ketones is 1. The summed E-state index contributed by atoms with van der Waals surface area (Å²) in [5.74, 6) is -0.425. The summed E-state index contributed by atoms with van der Waals surface area (Å²) in [6.07, 6.45) is 4.95. The molecule has 1 fully saturated rings. The Kier molecular flexibility index (Phi) is 4.95. The average Bonchev–Trinajstić information content (AvgIpc) is 2.92. The number of allylic oxidation sites excluding steroid dienone is 1. The fraction of sp³-hybridized carbons (Fsp3) is 0.0500. The van der Waals surface area contributed by atoms with Crippen LogP contribution in [0.15, 0.2) is 59.5 Å². The molecule has 1 heterocycles. The van der Waals surface area contributed by atoms with Crippen molar-refractivity contribution in [3.8, 4) is 0 Å². The highest BCUT2D eigenvalue weighted by Gasteiger charge is 2.24. The zero-order valence-corrected chi connectivity index (χ0v) is 14.3. The Hall–Kier alpha value is -2.92. The Morgan fingerprint density at radius 3 is 2.20 bits per heavy atom. The summed E-state index contributed by atoms with van der Waals surface area (Å²) >= 11 is 0.888. The maximum atomic E-state index is 12.1. The molecule has 25 heavy (non-hydrogen) atoms. The first kappa shape index (κ1) is 16.9. The van der Waals surface area contributed by atoms with Crippen LogP contribution in [0.5, 0.6) is 0 Å². The van der Waals surface area contributed by atoms with E-state index >= 15 is 0 Å². The van der Waals surface area contributed by atoms with Gasteiger partial charge < -0.3 is 0 Å². The number of aryl methyl sites for hydroxylation is 1. The van der Waals surface area contributed by atoms with Crippen molar-refractivity contribution in [1.82, 2.24) is 5.32 Å². The lowest BCUT2D eigenvalue weighted by atomic mass is 10.1. The van der Waals surface area contributed by atoms with Gasteiger partial charge in [-0.25, -0.2) is 0 Å². The van der Waals surface area contributed by atoms with Gasteiger partial charge in [0.25, 0.3) is 11.1 Å².